The maximum atomic E-state index is 13.5. The van der Waals surface area contributed by atoms with Crippen LogP contribution in [0.25, 0.3) is 5.76 Å². The lowest BCUT2D eigenvalue weighted by molar-refractivity contribution is -0.132. The first-order valence-corrected chi connectivity index (χ1v) is 11.4. The Kier molecular flexibility index (Phi) is 6.39. The van der Waals surface area contributed by atoms with Gasteiger partial charge in [0.1, 0.15) is 17.3 Å². The summed E-state index contributed by atoms with van der Waals surface area (Å²) in [6.45, 7) is 7.65. The lowest BCUT2D eigenvalue weighted by Crippen LogP contribution is -2.30. The van der Waals surface area contributed by atoms with Crippen molar-refractivity contribution in [2.45, 2.75) is 33.7 Å². The van der Waals surface area contributed by atoms with E-state index in [9.17, 15) is 14.7 Å². The van der Waals surface area contributed by atoms with Gasteiger partial charge in [-0.2, -0.15) is 0 Å². The lowest BCUT2D eigenvalue weighted by atomic mass is 9.93. The van der Waals surface area contributed by atoms with Crippen LogP contribution in [0, 0.1) is 27.7 Å². The van der Waals surface area contributed by atoms with Gasteiger partial charge in [-0.1, -0.05) is 30.3 Å². The van der Waals surface area contributed by atoms with Crippen molar-refractivity contribution in [2.75, 3.05) is 19.1 Å². The molecule has 0 aromatic heterocycles. The van der Waals surface area contributed by atoms with Crippen molar-refractivity contribution in [3.8, 4) is 11.5 Å². The van der Waals surface area contributed by atoms with Crippen molar-refractivity contribution < 1.29 is 24.2 Å². The Bertz CT molecular complexity index is 1350. The number of benzene rings is 3. The Balaban J connectivity index is 2.03. The Morgan fingerprint density at radius 2 is 1.57 bits per heavy atom. The van der Waals surface area contributed by atoms with E-state index in [1.807, 2.05) is 52.0 Å². The quantitative estimate of drug-likeness (QED) is 0.299. The molecular weight excluding hydrogens is 442 g/mol. The van der Waals surface area contributed by atoms with Crippen molar-refractivity contribution in [1.29, 1.82) is 0 Å². The van der Waals surface area contributed by atoms with Gasteiger partial charge in [-0.15, -0.1) is 0 Å². The Morgan fingerprint density at radius 1 is 0.886 bits per heavy atom. The summed E-state index contributed by atoms with van der Waals surface area (Å²) < 4.78 is 10.9. The molecule has 0 bridgehead atoms. The minimum absolute atomic E-state index is 0.0179. The van der Waals surface area contributed by atoms with Gasteiger partial charge in [0.05, 0.1) is 31.4 Å². The molecule has 1 heterocycles. The largest absolute Gasteiger partial charge is 0.507 e. The van der Waals surface area contributed by atoms with Crippen LogP contribution >= 0.6 is 0 Å². The standard InChI is InChI=1S/C29H29NO5/c1-16-14-18(3)28(35-6)22(15-16)26(31)24-25(20-10-12-21(34-5)13-11-20)30(29(33)27(24)32)23-9-7-8-17(2)19(23)4/h7-15,25,31H,1-6H3/b26-24+. The number of methoxy groups -OCH3 is 2. The Hall–Kier alpha value is -4.06. The highest BCUT2D eigenvalue weighted by Gasteiger charge is 2.47. The highest BCUT2D eigenvalue weighted by Crippen LogP contribution is 2.45. The van der Waals surface area contributed by atoms with Crippen LogP contribution in [0.4, 0.5) is 5.69 Å². The van der Waals surface area contributed by atoms with Crippen molar-refractivity contribution >= 4 is 23.1 Å². The molecule has 1 amide bonds. The number of ketones is 1. The first kappa shape index (κ1) is 24.1. The Morgan fingerprint density at radius 3 is 2.20 bits per heavy atom. The van der Waals surface area contributed by atoms with Crippen molar-refractivity contribution in [2.24, 2.45) is 0 Å². The number of carbonyl (C=O) groups excluding carboxylic acids is 2. The molecule has 35 heavy (non-hydrogen) atoms. The van der Waals surface area contributed by atoms with E-state index in [-0.39, 0.29) is 11.3 Å². The maximum Gasteiger partial charge on any atom is 0.300 e. The van der Waals surface area contributed by atoms with Gasteiger partial charge in [0.15, 0.2) is 0 Å². The smallest absolute Gasteiger partial charge is 0.300 e. The first-order chi connectivity index (χ1) is 16.7. The number of aryl methyl sites for hydroxylation is 3. The number of carbonyl (C=O) groups is 2. The highest BCUT2D eigenvalue weighted by atomic mass is 16.5. The summed E-state index contributed by atoms with van der Waals surface area (Å²) in [6, 6.07) is 15.7. The number of amides is 1. The number of Topliss-reactive ketones (excluding diaryl/α,β-unsaturated/α-hetero) is 1. The summed E-state index contributed by atoms with van der Waals surface area (Å²) in [7, 11) is 3.09. The minimum Gasteiger partial charge on any atom is -0.507 e. The summed E-state index contributed by atoms with van der Waals surface area (Å²) in [5.41, 5.74) is 5.29. The topological polar surface area (TPSA) is 76.1 Å². The number of nitrogens with zero attached hydrogens (tertiary/aromatic N) is 1. The van der Waals surface area contributed by atoms with Crippen molar-refractivity contribution in [3.05, 3.63) is 93.6 Å². The van der Waals surface area contributed by atoms with Crippen LogP contribution in [0.3, 0.4) is 0 Å². The fraction of sp³-hybridized carbons (Fsp3) is 0.241. The number of hydrogen-bond acceptors (Lipinski definition) is 5. The zero-order valence-electron chi connectivity index (χ0n) is 20.8. The lowest BCUT2D eigenvalue weighted by Gasteiger charge is -2.27. The second kappa shape index (κ2) is 9.29. The van der Waals surface area contributed by atoms with Gasteiger partial charge >= 0.3 is 0 Å². The normalized spacial score (nSPS) is 17.1. The van der Waals surface area contributed by atoms with Crippen LogP contribution < -0.4 is 14.4 Å². The van der Waals surface area contributed by atoms with Crippen LogP contribution in [0.1, 0.15) is 39.4 Å². The predicted octanol–water partition coefficient (Wildman–Crippen LogP) is 5.56. The fourth-order valence-corrected chi connectivity index (χ4v) is 4.73. The second-order valence-electron chi connectivity index (χ2n) is 8.82. The molecule has 0 aliphatic carbocycles. The zero-order chi connectivity index (χ0) is 25.4. The summed E-state index contributed by atoms with van der Waals surface area (Å²) in [4.78, 5) is 28.5. The molecule has 6 heteroatoms. The molecule has 3 aromatic rings. The van der Waals surface area contributed by atoms with E-state index < -0.39 is 17.7 Å². The fourth-order valence-electron chi connectivity index (χ4n) is 4.73. The predicted molar refractivity (Wildman–Crippen MR) is 136 cm³/mol. The molecule has 1 atom stereocenters. The van der Waals surface area contributed by atoms with E-state index >= 15 is 0 Å². The van der Waals surface area contributed by atoms with Crippen LogP contribution in [0.5, 0.6) is 11.5 Å². The summed E-state index contributed by atoms with van der Waals surface area (Å²) in [5.74, 6) is -0.594. The zero-order valence-corrected chi connectivity index (χ0v) is 20.8. The average Bonchev–Trinajstić information content (AvgIpc) is 3.10. The Labute approximate surface area is 205 Å². The van der Waals surface area contributed by atoms with Gasteiger partial charge in [0.25, 0.3) is 11.7 Å². The third kappa shape index (κ3) is 4.05. The molecule has 0 spiro atoms. The number of hydrogen-bond donors (Lipinski definition) is 1. The third-order valence-electron chi connectivity index (χ3n) is 6.59. The number of anilines is 1. The second-order valence-corrected chi connectivity index (χ2v) is 8.82. The summed E-state index contributed by atoms with van der Waals surface area (Å²) in [5, 5.41) is 11.6. The molecular formula is C29H29NO5. The molecule has 1 N–H and O–H groups in total. The van der Waals surface area contributed by atoms with E-state index in [0.29, 0.717) is 28.3 Å². The SMILES string of the molecule is COc1ccc(C2/C(=C(\O)c3cc(C)cc(C)c3OC)C(=O)C(=O)N2c2cccc(C)c2C)cc1. The number of ether oxygens (including phenoxy) is 2. The summed E-state index contributed by atoms with van der Waals surface area (Å²) in [6.07, 6.45) is 0. The van der Waals surface area contributed by atoms with Crippen LogP contribution in [-0.4, -0.2) is 31.0 Å². The van der Waals surface area contributed by atoms with Crippen molar-refractivity contribution in [3.63, 3.8) is 0 Å². The third-order valence-corrected chi connectivity index (χ3v) is 6.59. The van der Waals surface area contributed by atoms with Gasteiger partial charge in [-0.3, -0.25) is 14.5 Å². The summed E-state index contributed by atoms with van der Waals surface area (Å²) >= 11 is 0. The molecule has 3 aromatic carbocycles. The van der Waals surface area contributed by atoms with E-state index in [4.69, 9.17) is 9.47 Å². The molecule has 6 nitrogen and oxygen atoms in total. The van der Waals surface area contributed by atoms with E-state index in [1.54, 1.807) is 37.4 Å². The number of aliphatic hydroxyl groups is 1. The van der Waals surface area contributed by atoms with Gasteiger partial charge in [-0.05, 0) is 79.8 Å². The van der Waals surface area contributed by atoms with Crippen LogP contribution in [0.2, 0.25) is 0 Å². The molecule has 1 aliphatic heterocycles. The molecule has 1 aliphatic rings. The van der Waals surface area contributed by atoms with E-state index in [2.05, 4.69) is 0 Å². The molecule has 4 rings (SSSR count). The highest BCUT2D eigenvalue weighted by molar-refractivity contribution is 6.51. The molecule has 180 valence electrons. The molecule has 0 radical (unpaired) electrons. The van der Waals surface area contributed by atoms with Gasteiger partial charge in [-0.25, -0.2) is 0 Å². The monoisotopic (exact) mass is 471 g/mol. The first-order valence-electron chi connectivity index (χ1n) is 11.4. The van der Waals surface area contributed by atoms with Gasteiger partial charge in [0, 0.05) is 5.69 Å². The maximum absolute atomic E-state index is 13.5. The average molecular weight is 472 g/mol. The van der Waals surface area contributed by atoms with E-state index in [0.717, 1.165) is 22.3 Å². The van der Waals surface area contributed by atoms with Crippen LogP contribution in [0.15, 0.2) is 60.2 Å². The van der Waals surface area contributed by atoms with Crippen LogP contribution in [-0.2, 0) is 9.59 Å². The van der Waals surface area contributed by atoms with Gasteiger partial charge in [0.2, 0.25) is 0 Å². The minimum atomic E-state index is -0.827. The van der Waals surface area contributed by atoms with E-state index in [1.165, 1.54) is 12.0 Å². The number of rotatable bonds is 5. The molecule has 0 saturated carbocycles. The number of aliphatic hydroxyl groups excluding tert-OH is 1. The molecule has 1 saturated heterocycles. The van der Waals surface area contributed by atoms with Crippen molar-refractivity contribution in [1.82, 2.24) is 0 Å². The van der Waals surface area contributed by atoms with Gasteiger partial charge < -0.3 is 14.6 Å². The molecule has 1 unspecified atom stereocenters. The molecule has 1 fully saturated rings.